The van der Waals surface area contributed by atoms with Gasteiger partial charge in [-0.15, -0.1) is 0 Å². The van der Waals surface area contributed by atoms with Gasteiger partial charge in [-0.1, -0.05) is 0 Å². The molecule has 0 aliphatic carbocycles. The van der Waals surface area contributed by atoms with Crippen molar-refractivity contribution in [1.29, 1.82) is 0 Å². The maximum Gasteiger partial charge on any atom is 0.157 e. The number of hydrogen-bond acceptors (Lipinski definition) is 5. The fourth-order valence-electron chi connectivity index (χ4n) is 3.66. The molecule has 2 saturated heterocycles. The highest BCUT2D eigenvalue weighted by atomic mass is 16.7. The average molecular weight is 315 g/mol. The highest BCUT2D eigenvalue weighted by Crippen LogP contribution is 2.37. The molecule has 1 atom stereocenters. The van der Waals surface area contributed by atoms with Gasteiger partial charge in [0.25, 0.3) is 0 Å². The molecule has 5 nitrogen and oxygen atoms in total. The molecule has 22 heavy (non-hydrogen) atoms. The Kier molecular flexibility index (Phi) is 6.25. The van der Waals surface area contributed by atoms with Gasteiger partial charge in [0.2, 0.25) is 0 Å². The Labute approximate surface area is 134 Å². The van der Waals surface area contributed by atoms with E-state index < -0.39 is 0 Å². The Bertz CT molecular complexity index is 322. The van der Waals surface area contributed by atoms with E-state index in [2.05, 4.69) is 27.7 Å². The fourth-order valence-corrected chi connectivity index (χ4v) is 3.66. The van der Waals surface area contributed by atoms with Crippen LogP contribution in [-0.4, -0.2) is 53.6 Å². The molecule has 2 rings (SSSR count). The number of ether oxygens (including phenoxy) is 3. The molecule has 0 aromatic heterocycles. The molecule has 0 bridgehead atoms. The third kappa shape index (κ3) is 4.90. The summed E-state index contributed by atoms with van der Waals surface area (Å²) in [6.07, 6.45) is 6.13. The highest BCUT2D eigenvalue weighted by Gasteiger charge is 2.45. The zero-order chi connectivity index (χ0) is 16.2. The van der Waals surface area contributed by atoms with Crippen molar-refractivity contribution in [3.8, 4) is 0 Å². The minimum Gasteiger partial charge on any atom is -0.378 e. The topological polar surface area (TPSA) is 51.2 Å². The van der Waals surface area contributed by atoms with E-state index in [4.69, 9.17) is 14.2 Å². The fraction of sp³-hybridized carbons (Fsp3) is 1.00. The predicted molar refractivity (Wildman–Crippen MR) is 84.9 cm³/mol. The maximum atomic E-state index is 10.3. The smallest absolute Gasteiger partial charge is 0.157 e. The molecular formula is C17H33NO4. The van der Waals surface area contributed by atoms with E-state index >= 15 is 0 Å². The second kappa shape index (κ2) is 7.58. The van der Waals surface area contributed by atoms with Crippen LogP contribution in [0.25, 0.3) is 0 Å². The van der Waals surface area contributed by atoms with Crippen LogP contribution in [0.1, 0.15) is 66.2 Å². The summed E-state index contributed by atoms with van der Waals surface area (Å²) in [6.45, 7) is 10.5. The van der Waals surface area contributed by atoms with Gasteiger partial charge >= 0.3 is 0 Å². The first kappa shape index (κ1) is 18.1. The Hall–Kier alpha value is -0.200. The molecule has 130 valence electrons. The van der Waals surface area contributed by atoms with Gasteiger partial charge in [-0.05, 0) is 66.2 Å². The van der Waals surface area contributed by atoms with Crippen LogP contribution in [0.5, 0.6) is 0 Å². The zero-order valence-corrected chi connectivity index (χ0v) is 14.6. The van der Waals surface area contributed by atoms with Gasteiger partial charge in [-0.25, -0.2) is 0 Å². The van der Waals surface area contributed by atoms with Crippen LogP contribution < -0.4 is 0 Å². The molecule has 2 aliphatic rings. The maximum absolute atomic E-state index is 10.3. The lowest BCUT2D eigenvalue weighted by atomic mass is 9.80. The molecule has 2 heterocycles. The summed E-state index contributed by atoms with van der Waals surface area (Å²) in [4.78, 5) is 0. The Balaban J connectivity index is 1.64. The van der Waals surface area contributed by atoms with E-state index in [-0.39, 0.29) is 23.5 Å². The quantitative estimate of drug-likeness (QED) is 0.762. The summed E-state index contributed by atoms with van der Waals surface area (Å²) in [5, 5.41) is 11.8. The largest absolute Gasteiger partial charge is 0.378 e. The zero-order valence-electron chi connectivity index (χ0n) is 14.6. The summed E-state index contributed by atoms with van der Waals surface area (Å²) >= 11 is 0. The van der Waals surface area contributed by atoms with E-state index in [0.29, 0.717) is 13.2 Å². The molecule has 5 heteroatoms. The van der Waals surface area contributed by atoms with E-state index in [1.807, 2.05) is 0 Å². The number of hydrogen-bond donors (Lipinski definition) is 1. The van der Waals surface area contributed by atoms with Crippen LogP contribution in [0, 0.1) is 0 Å². The van der Waals surface area contributed by atoms with Crippen molar-refractivity contribution in [2.75, 3.05) is 19.8 Å². The monoisotopic (exact) mass is 315 g/mol. The number of hydroxylamine groups is 2. The summed E-state index contributed by atoms with van der Waals surface area (Å²) in [6, 6.07) is 0. The van der Waals surface area contributed by atoms with Gasteiger partial charge in [0, 0.05) is 24.3 Å². The van der Waals surface area contributed by atoms with Crippen LogP contribution in [0.15, 0.2) is 0 Å². The highest BCUT2D eigenvalue weighted by molar-refractivity contribution is 4.96. The average Bonchev–Trinajstić information content (AvgIpc) is 2.45. The molecule has 1 unspecified atom stereocenters. The van der Waals surface area contributed by atoms with Crippen molar-refractivity contribution in [2.24, 2.45) is 0 Å². The van der Waals surface area contributed by atoms with Crippen LogP contribution >= 0.6 is 0 Å². The lowest BCUT2D eigenvalue weighted by molar-refractivity contribution is -0.261. The van der Waals surface area contributed by atoms with Crippen molar-refractivity contribution in [3.63, 3.8) is 0 Å². The lowest BCUT2D eigenvalue weighted by Gasteiger charge is -2.51. The van der Waals surface area contributed by atoms with Crippen LogP contribution in [-0.2, 0) is 14.2 Å². The predicted octanol–water partition coefficient (Wildman–Crippen LogP) is 3.35. The first-order valence-electron chi connectivity index (χ1n) is 8.65. The van der Waals surface area contributed by atoms with Gasteiger partial charge in [-0.2, -0.15) is 5.06 Å². The molecular weight excluding hydrogens is 282 g/mol. The third-order valence-corrected chi connectivity index (χ3v) is 4.69. The normalized spacial score (nSPS) is 29.6. The summed E-state index contributed by atoms with van der Waals surface area (Å²) < 4.78 is 17.3. The molecule has 2 aliphatic heterocycles. The number of nitrogens with zero attached hydrogens (tertiary/aromatic N) is 1. The van der Waals surface area contributed by atoms with Crippen LogP contribution in [0.2, 0.25) is 0 Å². The van der Waals surface area contributed by atoms with E-state index in [0.717, 1.165) is 38.7 Å². The minimum absolute atomic E-state index is 0.00996. The van der Waals surface area contributed by atoms with Gasteiger partial charge in [-0.3, -0.25) is 0 Å². The van der Waals surface area contributed by atoms with Crippen LogP contribution in [0.3, 0.4) is 0 Å². The van der Waals surface area contributed by atoms with Gasteiger partial charge in [0.15, 0.2) is 6.29 Å². The molecule has 0 amide bonds. The molecule has 2 fully saturated rings. The van der Waals surface area contributed by atoms with E-state index in [1.165, 1.54) is 11.5 Å². The number of piperidine rings is 1. The molecule has 0 aromatic rings. The van der Waals surface area contributed by atoms with Crippen molar-refractivity contribution >= 4 is 0 Å². The van der Waals surface area contributed by atoms with Crippen molar-refractivity contribution in [1.82, 2.24) is 5.06 Å². The molecule has 0 aromatic carbocycles. The van der Waals surface area contributed by atoms with Gasteiger partial charge in [0.1, 0.15) is 0 Å². The van der Waals surface area contributed by atoms with E-state index in [1.54, 1.807) is 0 Å². The first-order valence-corrected chi connectivity index (χ1v) is 8.65. The summed E-state index contributed by atoms with van der Waals surface area (Å²) in [5.74, 6) is 0. The second-order valence-corrected chi connectivity index (χ2v) is 7.86. The molecule has 1 N–H and O–H groups in total. The molecule has 0 radical (unpaired) electrons. The van der Waals surface area contributed by atoms with Crippen molar-refractivity contribution < 1.29 is 19.4 Å². The SMILES string of the molecule is CC1(C)CC(OCCCOC2CCCCO2)CC(C)(C)N1O. The Morgan fingerprint density at radius 3 is 2.27 bits per heavy atom. The molecule has 0 spiro atoms. The summed E-state index contributed by atoms with van der Waals surface area (Å²) in [7, 11) is 0. The third-order valence-electron chi connectivity index (χ3n) is 4.69. The second-order valence-electron chi connectivity index (χ2n) is 7.86. The Morgan fingerprint density at radius 1 is 1.05 bits per heavy atom. The minimum atomic E-state index is -0.251. The van der Waals surface area contributed by atoms with Gasteiger partial charge in [0.05, 0.1) is 12.7 Å². The van der Waals surface area contributed by atoms with Crippen molar-refractivity contribution in [2.45, 2.75) is 89.7 Å². The van der Waals surface area contributed by atoms with Crippen molar-refractivity contribution in [3.05, 3.63) is 0 Å². The first-order chi connectivity index (χ1) is 10.3. The van der Waals surface area contributed by atoms with E-state index in [9.17, 15) is 5.21 Å². The van der Waals surface area contributed by atoms with Crippen LogP contribution in [0.4, 0.5) is 0 Å². The molecule has 0 saturated carbocycles. The summed E-state index contributed by atoms with van der Waals surface area (Å²) in [5.41, 5.74) is -0.502. The lowest BCUT2D eigenvalue weighted by Crippen LogP contribution is -2.60. The Morgan fingerprint density at radius 2 is 1.68 bits per heavy atom. The standard InChI is InChI=1S/C17H33NO4/c1-16(2)12-14(13-17(3,4)18(16)19)20-10-7-11-22-15-8-5-6-9-21-15/h14-15,19H,5-13H2,1-4H3. The number of rotatable bonds is 6. The van der Waals surface area contributed by atoms with Gasteiger partial charge < -0.3 is 19.4 Å².